The summed E-state index contributed by atoms with van der Waals surface area (Å²) in [6.07, 6.45) is 5.70. The molecule has 3 aromatic rings. The van der Waals surface area contributed by atoms with E-state index in [1.807, 2.05) is 43.5 Å². The molecule has 1 unspecified atom stereocenters. The van der Waals surface area contributed by atoms with Crippen molar-refractivity contribution >= 4 is 11.6 Å². The lowest BCUT2D eigenvalue weighted by Crippen LogP contribution is -2.05. The quantitative estimate of drug-likeness (QED) is 0.657. The molecular formula is C20H25N5O. The van der Waals surface area contributed by atoms with Crippen LogP contribution in [0.3, 0.4) is 0 Å². The summed E-state index contributed by atoms with van der Waals surface area (Å²) in [5.74, 6) is 0.985. The smallest absolute Gasteiger partial charge is 0.247 e. The van der Waals surface area contributed by atoms with Crippen molar-refractivity contribution in [2.75, 3.05) is 19.0 Å². The van der Waals surface area contributed by atoms with Crippen LogP contribution in [0.25, 0.3) is 5.69 Å². The van der Waals surface area contributed by atoms with Crippen molar-refractivity contribution in [2.24, 2.45) is 0 Å². The Morgan fingerprint density at radius 2 is 2.00 bits per heavy atom. The highest BCUT2D eigenvalue weighted by atomic mass is 16.5. The second-order valence-electron chi connectivity index (χ2n) is 6.26. The number of nitrogens with zero attached hydrogens (tertiary/aromatic N) is 4. The SMILES string of the molecule is CCC(CCOC)c1cnc(C)c(Nc2ncn(-c3ccccc3)n2)c1. The van der Waals surface area contributed by atoms with Crippen molar-refractivity contribution in [3.05, 3.63) is 60.2 Å². The Labute approximate surface area is 154 Å². The fourth-order valence-electron chi connectivity index (χ4n) is 2.91. The Morgan fingerprint density at radius 3 is 2.73 bits per heavy atom. The van der Waals surface area contributed by atoms with E-state index < -0.39 is 0 Å². The molecule has 6 heteroatoms. The first-order valence-electron chi connectivity index (χ1n) is 8.90. The third-order valence-electron chi connectivity index (χ3n) is 4.50. The minimum Gasteiger partial charge on any atom is -0.385 e. The lowest BCUT2D eigenvalue weighted by atomic mass is 9.94. The molecule has 1 atom stereocenters. The van der Waals surface area contributed by atoms with Gasteiger partial charge < -0.3 is 10.1 Å². The standard InChI is InChI=1S/C20H25N5O/c1-4-16(10-11-26-3)17-12-19(15(2)21-13-17)23-20-22-14-25(24-20)18-8-6-5-7-9-18/h5-9,12-14,16H,4,10-11H2,1-3H3,(H,23,24). The number of hydrogen-bond acceptors (Lipinski definition) is 5. The first-order valence-corrected chi connectivity index (χ1v) is 8.90. The number of pyridine rings is 1. The minimum absolute atomic E-state index is 0.429. The zero-order valence-corrected chi connectivity index (χ0v) is 15.5. The lowest BCUT2D eigenvalue weighted by Gasteiger charge is -2.16. The Bertz CT molecular complexity index is 831. The zero-order chi connectivity index (χ0) is 18.4. The maximum atomic E-state index is 5.23. The molecule has 0 saturated heterocycles. The number of aromatic nitrogens is 4. The summed E-state index contributed by atoms with van der Waals surface area (Å²) in [4.78, 5) is 8.92. The first kappa shape index (κ1) is 18.1. The van der Waals surface area contributed by atoms with Crippen molar-refractivity contribution in [1.82, 2.24) is 19.7 Å². The van der Waals surface area contributed by atoms with Gasteiger partial charge in [0.15, 0.2) is 0 Å². The largest absolute Gasteiger partial charge is 0.385 e. The van der Waals surface area contributed by atoms with E-state index in [0.717, 1.165) is 36.5 Å². The molecule has 1 aromatic carbocycles. The fraction of sp³-hybridized carbons (Fsp3) is 0.350. The Hall–Kier alpha value is -2.73. The van der Waals surface area contributed by atoms with Crippen LogP contribution >= 0.6 is 0 Å². The molecule has 0 aliphatic rings. The van der Waals surface area contributed by atoms with Gasteiger partial charge in [-0.1, -0.05) is 25.1 Å². The van der Waals surface area contributed by atoms with Crippen molar-refractivity contribution < 1.29 is 4.74 Å². The van der Waals surface area contributed by atoms with Crippen LogP contribution in [-0.4, -0.2) is 33.5 Å². The van der Waals surface area contributed by atoms with E-state index in [0.29, 0.717) is 11.9 Å². The predicted octanol–water partition coefficient (Wildman–Crippen LogP) is 4.24. The third kappa shape index (κ3) is 4.26. The maximum Gasteiger partial charge on any atom is 0.247 e. The first-order chi connectivity index (χ1) is 12.7. The molecule has 2 heterocycles. The van der Waals surface area contributed by atoms with Crippen molar-refractivity contribution in [3.63, 3.8) is 0 Å². The van der Waals surface area contributed by atoms with Crippen LogP contribution in [0.1, 0.15) is 36.9 Å². The van der Waals surface area contributed by atoms with Crippen LogP contribution in [0, 0.1) is 6.92 Å². The fourth-order valence-corrected chi connectivity index (χ4v) is 2.91. The average Bonchev–Trinajstić information content (AvgIpc) is 3.14. The molecule has 1 N–H and O–H groups in total. The highest BCUT2D eigenvalue weighted by Gasteiger charge is 2.13. The monoisotopic (exact) mass is 351 g/mol. The molecule has 0 aliphatic carbocycles. The van der Waals surface area contributed by atoms with Gasteiger partial charge in [-0.3, -0.25) is 4.98 Å². The summed E-state index contributed by atoms with van der Waals surface area (Å²) in [7, 11) is 1.74. The molecule has 0 amide bonds. The molecular weight excluding hydrogens is 326 g/mol. The number of aryl methyl sites for hydroxylation is 1. The van der Waals surface area contributed by atoms with Gasteiger partial charge in [0.25, 0.3) is 0 Å². The maximum absolute atomic E-state index is 5.23. The minimum atomic E-state index is 0.429. The predicted molar refractivity (Wildman–Crippen MR) is 103 cm³/mol. The van der Waals surface area contributed by atoms with Crippen LogP contribution < -0.4 is 5.32 Å². The molecule has 0 aliphatic heterocycles. The highest BCUT2D eigenvalue weighted by Crippen LogP contribution is 2.27. The number of benzene rings is 1. The van der Waals surface area contributed by atoms with Gasteiger partial charge in [0, 0.05) is 19.9 Å². The highest BCUT2D eigenvalue weighted by molar-refractivity contribution is 5.57. The molecule has 0 spiro atoms. The van der Waals surface area contributed by atoms with Crippen molar-refractivity contribution in [3.8, 4) is 5.69 Å². The number of nitrogens with one attached hydrogen (secondary N) is 1. The number of methoxy groups -OCH3 is 1. The lowest BCUT2D eigenvalue weighted by molar-refractivity contribution is 0.187. The second-order valence-corrected chi connectivity index (χ2v) is 6.26. The Morgan fingerprint density at radius 1 is 1.19 bits per heavy atom. The summed E-state index contributed by atoms with van der Waals surface area (Å²) in [6, 6.07) is 12.1. The Balaban J connectivity index is 1.79. The molecule has 0 saturated carbocycles. The molecule has 136 valence electrons. The molecule has 2 aromatic heterocycles. The third-order valence-corrected chi connectivity index (χ3v) is 4.50. The summed E-state index contributed by atoms with van der Waals surface area (Å²) in [6.45, 7) is 4.92. The Kier molecular flexibility index (Phi) is 5.96. The summed E-state index contributed by atoms with van der Waals surface area (Å²) in [5, 5.41) is 7.81. The molecule has 0 bridgehead atoms. The van der Waals surface area contributed by atoms with Crippen molar-refractivity contribution in [2.45, 2.75) is 32.6 Å². The second kappa shape index (κ2) is 8.58. The van der Waals surface area contributed by atoms with E-state index >= 15 is 0 Å². The van der Waals surface area contributed by atoms with Crippen LogP contribution in [0.5, 0.6) is 0 Å². The van der Waals surface area contributed by atoms with E-state index in [2.05, 4.69) is 33.4 Å². The molecule has 0 fully saturated rings. The van der Waals surface area contributed by atoms with Gasteiger partial charge >= 0.3 is 0 Å². The van der Waals surface area contributed by atoms with Crippen LogP contribution in [-0.2, 0) is 4.74 Å². The van der Waals surface area contributed by atoms with Crippen LogP contribution in [0.2, 0.25) is 0 Å². The molecule has 26 heavy (non-hydrogen) atoms. The van der Waals surface area contributed by atoms with E-state index in [1.54, 1.807) is 18.1 Å². The molecule has 3 rings (SSSR count). The summed E-state index contributed by atoms with van der Waals surface area (Å²) < 4.78 is 6.98. The average molecular weight is 351 g/mol. The van der Waals surface area contributed by atoms with E-state index in [4.69, 9.17) is 4.74 Å². The number of ether oxygens (including phenoxy) is 1. The van der Waals surface area contributed by atoms with Gasteiger partial charge in [-0.2, -0.15) is 4.98 Å². The number of hydrogen-bond donors (Lipinski definition) is 1. The topological polar surface area (TPSA) is 64.9 Å². The van der Waals surface area contributed by atoms with E-state index in [9.17, 15) is 0 Å². The van der Waals surface area contributed by atoms with Crippen molar-refractivity contribution in [1.29, 1.82) is 0 Å². The number of rotatable bonds is 8. The number of para-hydroxylation sites is 1. The van der Waals surface area contributed by atoms with Crippen LogP contribution in [0.4, 0.5) is 11.6 Å². The van der Waals surface area contributed by atoms with Crippen LogP contribution in [0.15, 0.2) is 48.9 Å². The summed E-state index contributed by atoms with van der Waals surface area (Å²) >= 11 is 0. The molecule has 0 radical (unpaired) electrons. The van der Waals surface area contributed by atoms with Gasteiger partial charge in [0.05, 0.1) is 17.1 Å². The normalized spacial score (nSPS) is 12.1. The van der Waals surface area contributed by atoms with Gasteiger partial charge in [0.1, 0.15) is 6.33 Å². The van der Waals surface area contributed by atoms with Gasteiger partial charge in [-0.05, 0) is 49.4 Å². The van der Waals surface area contributed by atoms with Gasteiger partial charge in [0.2, 0.25) is 5.95 Å². The van der Waals surface area contributed by atoms with Gasteiger partial charge in [-0.15, -0.1) is 5.10 Å². The van der Waals surface area contributed by atoms with Gasteiger partial charge in [-0.25, -0.2) is 4.68 Å². The zero-order valence-electron chi connectivity index (χ0n) is 15.5. The summed E-state index contributed by atoms with van der Waals surface area (Å²) in [5.41, 5.74) is 4.04. The van der Waals surface area contributed by atoms with E-state index in [-0.39, 0.29) is 0 Å². The molecule has 6 nitrogen and oxygen atoms in total. The number of anilines is 2. The van der Waals surface area contributed by atoms with E-state index in [1.165, 1.54) is 5.56 Å².